The van der Waals surface area contributed by atoms with Crippen molar-refractivity contribution < 1.29 is 81.8 Å². The van der Waals surface area contributed by atoms with Crippen LogP contribution in [0.15, 0.2) is 176 Å². The number of aromatic nitrogens is 4. The van der Waals surface area contributed by atoms with E-state index in [1.165, 1.54) is 48.4 Å². The minimum atomic E-state index is -6.16. The summed E-state index contributed by atoms with van der Waals surface area (Å²) < 4.78 is 137. The van der Waals surface area contributed by atoms with Crippen LogP contribution in [0.25, 0.3) is 0 Å². The van der Waals surface area contributed by atoms with Gasteiger partial charge in [0, 0.05) is 209 Å². The Hall–Kier alpha value is -9.95. The van der Waals surface area contributed by atoms with Crippen LogP contribution in [-0.4, -0.2) is 246 Å². The lowest BCUT2D eigenvalue weighted by atomic mass is 8.40. The van der Waals surface area contributed by atoms with Crippen LogP contribution in [0.3, 0.4) is 0 Å². The highest BCUT2D eigenvalue weighted by molar-refractivity contribution is 8.18. The molecule has 4 aromatic rings. The molecule has 50 heteroatoms. The van der Waals surface area contributed by atoms with E-state index in [2.05, 4.69) is 135 Å². The van der Waals surface area contributed by atoms with Crippen LogP contribution in [0.4, 0.5) is 62.8 Å². The Balaban J connectivity index is 0. The molecule has 0 spiro atoms. The number of hydrogen-bond donors (Lipinski definition) is 4. The molecule has 0 saturated heterocycles. The van der Waals surface area contributed by atoms with Gasteiger partial charge in [-0.05, 0) is 151 Å². The number of nitrogens with zero attached hydrogens (tertiary/aromatic N) is 7. The van der Waals surface area contributed by atoms with Crippen LogP contribution in [0, 0.1) is 26.1 Å². The number of halogens is 9. The monoisotopic (exact) mass is 1490 g/mol. The number of nitrogens with two attached hydrogens (primary N) is 1. The number of aliphatic carboxylic acids is 2. The van der Waals surface area contributed by atoms with E-state index in [0.717, 1.165) is 11.8 Å². The summed E-state index contributed by atoms with van der Waals surface area (Å²) in [6.45, 7) is 17.0. The zero-order valence-corrected chi connectivity index (χ0v) is 59.8. The van der Waals surface area contributed by atoms with E-state index in [0.29, 0.717) is 50.3 Å². The number of nitro groups is 2. The molecule has 21 radical (unpaired) electrons. The van der Waals surface area contributed by atoms with Gasteiger partial charge in [-0.15, -0.1) is 0 Å². The van der Waals surface area contributed by atoms with Crippen molar-refractivity contribution in [1.82, 2.24) is 19.9 Å². The number of H-pyrrole nitrogens is 1. The molecule has 2 atom stereocenters. The van der Waals surface area contributed by atoms with Crippen molar-refractivity contribution >= 4 is 181 Å². The van der Waals surface area contributed by atoms with Crippen molar-refractivity contribution in [2.75, 3.05) is 36.0 Å². The number of nitrogens with one attached hydrogen (secondary N) is 1. The number of hydrogen-bond acceptors (Lipinski definition) is 16. The molecule has 0 aliphatic rings. The minimum absolute atomic E-state index is 0.0155. The van der Waals surface area contributed by atoms with Crippen molar-refractivity contribution in [1.29, 1.82) is 0 Å². The number of anilines is 2. The molecule has 0 unspecified atom stereocenters. The fourth-order valence-corrected chi connectivity index (χ4v) is 8.71. The molecular weight excluding hydrogens is 1440 g/mol. The quantitative estimate of drug-likeness (QED) is 0.0134. The summed E-state index contributed by atoms with van der Waals surface area (Å²) in [5.41, 5.74) is 40.8. The summed E-state index contributed by atoms with van der Waals surface area (Å²) in [5.74, 6) is -3.70. The first-order chi connectivity index (χ1) is 50.7. The number of aromatic amines is 1. The van der Waals surface area contributed by atoms with Gasteiger partial charge < -0.3 is 29.9 Å². The predicted octanol–water partition coefficient (Wildman–Crippen LogP) is 2.99. The van der Waals surface area contributed by atoms with Gasteiger partial charge in [0.25, 0.3) is 16.9 Å². The summed E-state index contributed by atoms with van der Waals surface area (Å²) in [5, 5.41) is 37.9. The standard InChI is InChI=1S/C19H4.C11H13F6N3O3S.C10H14F3N3O.C10H11NO4.C9H10N2O4.B19/c1-3-5-7-9-11-13-15-17-19-18-16-14-12-10-8-6-4-2;1-3-20(4-2)9-18-6-7(5-10(12,13)14)8(19-9)23-24(21,22)11(15,16)17;1-3-16(4-2)9-14-6-7(8(17)15-9)5-10(11,12)13;1-7(10(12)13)6-8-2-4-9(5-3-8)11(14)15;10-8(9(12)13)5-6-1-3-7(4-2-6)11(14)15;1-11-16(10)19(17(12(2)3)13(4)5)18(14(6)7)15(8)9/h1-2H2;6H,3-5H2,1-2H3;6H,3-5H2,1-2H3,(H,14,15,17);2-5,7H,6H2,1H3,(H,12,13);1-4,8H,5,10H2,(H,12,13);/t;;;7-;8-;/m...00./s1. The summed E-state index contributed by atoms with van der Waals surface area (Å²) in [6, 6.07) is 10.6. The number of nitro benzene ring substituents is 2. The lowest BCUT2D eigenvalue weighted by Crippen LogP contribution is -2.79. The topological polar surface area (TPSA) is 308 Å². The first kappa shape index (κ1) is 101. The van der Waals surface area contributed by atoms with E-state index in [-0.39, 0.29) is 29.3 Å². The Morgan fingerprint density at radius 2 is 0.954 bits per heavy atom. The predicted molar refractivity (Wildman–Crippen MR) is 415 cm³/mol. The molecule has 109 heavy (non-hydrogen) atoms. The third-order valence-electron chi connectivity index (χ3n) is 13.5. The van der Waals surface area contributed by atoms with Gasteiger partial charge in [0.15, 0.2) is 0 Å². The molecule has 531 valence electrons. The second-order valence-corrected chi connectivity index (χ2v) is 23.0. The Kier molecular flexibility index (Phi) is 48.4. The molecule has 2 aromatic heterocycles. The van der Waals surface area contributed by atoms with E-state index in [1.54, 1.807) is 37.8 Å². The van der Waals surface area contributed by atoms with Gasteiger partial charge >= 0.3 is 39.9 Å². The fraction of sp³-hybridized carbons (Fsp3) is 0.305. The van der Waals surface area contributed by atoms with E-state index < -0.39 is 143 Å². The highest BCUT2D eigenvalue weighted by atomic mass is 32.2. The molecule has 0 fully saturated rings. The minimum Gasteiger partial charge on any atom is -0.481 e. The number of non-ortho nitro benzene ring substituents is 2. The number of benzene rings is 2. The fourth-order valence-electron chi connectivity index (χ4n) is 8.26. The van der Waals surface area contributed by atoms with Crippen LogP contribution in [0.1, 0.15) is 56.9 Å². The van der Waals surface area contributed by atoms with Gasteiger partial charge in [-0.25, -0.2) is 9.97 Å². The van der Waals surface area contributed by atoms with Crippen molar-refractivity contribution in [2.24, 2.45) is 11.7 Å². The van der Waals surface area contributed by atoms with Gasteiger partial charge in [-0.3, -0.25) is 39.6 Å². The highest BCUT2D eigenvalue weighted by Gasteiger charge is 2.50. The van der Waals surface area contributed by atoms with Gasteiger partial charge in [0.05, 0.1) is 28.6 Å². The van der Waals surface area contributed by atoms with E-state index in [1.807, 2.05) is 13.8 Å². The van der Waals surface area contributed by atoms with Crippen molar-refractivity contribution in [3.63, 3.8) is 0 Å². The normalized spacial score (nSPS) is 10.2. The number of carboxylic acids is 2. The molecule has 0 amide bonds. The van der Waals surface area contributed by atoms with Crippen LogP contribution in [0.2, 0.25) is 0 Å². The number of rotatable bonds is 26. The van der Waals surface area contributed by atoms with Crippen molar-refractivity contribution in [2.45, 2.75) is 84.2 Å². The molecule has 2 aromatic carbocycles. The lowest BCUT2D eigenvalue weighted by Gasteiger charge is -2.41. The largest absolute Gasteiger partial charge is 0.534 e. The van der Waals surface area contributed by atoms with E-state index in [9.17, 15) is 82.5 Å². The molecule has 4 rings (SSSR count). The summed E-state index contributed by atoms with van der Waals surface area (Å²) >= 11 is 0. The van der Waals surface area contributed by atoms with Gasteiger partial charge in [-0.1, -0.05) is 42.7 Å². The zero-order valence-electron chi connectivity index (χ0n) is 59.0. The molecule has 5 N–H and O–H groups in total. The molecule has 21 nitrogen and oxygen atoms in total. The number of carbonyl (C=O) groups is 2. The summed E-state index contributed by atoms with van der Waals surface area (Å²) in [7, 11) is 52.2. The second kappa shape index (κ2) is 52.2. The molecule has 0 saturated carbocycles. The third-order valence-corrected chi connectivity index (χ3v) is 14.4. The summed E-state index contributed by atoms with van der Waals surface area (Å²) in [4.78, 5) is 68.5. The first-order valence-electron chi connectivity index (χ1n) is 31.2. The Bertz CT molecular complexity index is 4350. The molecular formula is C59H52B19F9N9O12S. The van der Waals surface area contributed by atoms with Gasteiger partial charge in [0.2, 0.25) is 17.8 Å². The van der Waals surface area contributed by atoms with Crippen molar-refractivity contribution in [3.8, 4) is 5.88 Å². The molecule has 0 bridgehead atoms. The van der Waals surface area contributed by atoms with Crippen LogP contribution in [-0.2, 0) is 45.4 Å². The first-order valence-corrected chi connectivity index (χ1v) is 32.6. The van der Waals surface area contributed by atoms with Crippen LogP contribution in [0.5, 0.6) is 5.88 Å². The van der Waals surface area contributed by atoms with Crippen molar-refractivity contribution in [3.05, 3.63) is 224 Å². The smallest absolute Gasteiger partial charge is 0.481 e. The van der Waals surface area contributed by atoms with E-state index >= 15 is 0 Å². The van der Waals surface area contributed by atoms with E-state index in [4.69, 9.17) is 93.3 Å². The maximum atomic E-state index is 12.5. The second-order valence-electron chi connectivity index (χ2n) is 21.5. The van der Waals surface area contributed by atoms with Gasteiger partial charge in [0.1, 0.15) is 6.04 Å². The molecule has 0 aliphatic carbocycles. The molecule has 0 aliphatic heterocycles. The third kappa shape index (κ3) is 42.4. The Morgan fingerprint density at radius 1 is 0.606 bits per heavy atom. The number of alkyl halides is 9. The summed E-state index contributed by atoms with van der Waals surface area (Å²) in [6.07, 6.45) is -15.8. The van der Waals surface area contributed by atoms with Crippen LogP contribution >= 0.6 is 0 Å². The average molecular weight is 1490 g/mol. The number of carboxylic acid groups (broad SMARTS) is 2. The molecule has 2 heterocycles. The van der Waals surface area contributed by atoms with Crippen LogP contribution < -0.4 is 25.3 Å². The maximum Gasteiger partial charge on any atom is 0.534 e. The van der Waals surface area contributed by atoms with Gasteiger partial charge in [-0.2, -0.15) is 52.9 Å². The Morgan fingerprint density at radius 3 is 1.25 bits per heavy atom. The SMILES string of the molecule is C=C=C=C=C=C=C=C=C=C=C=C=C=C=C=C=C=C=C.CCN(CC)c1ncc(CC(F)(F)F)c(=O)[nH]1.CCN(CC)c1ncc(CC(F)(F)F)c(OS(=O)(=O)C(F)(F)F)n1.C[C@@H](Cc1ccc([N+](=O)[O-])cc1)C(=O)O.N[C@@H](Cc1ccc([N+](=O)[O-])cc1)C(=O)O.[B][B]B([B])B(B(B([B])[B])B([B])[B])B(B([B])[B])B([B])[B]. The maximum absolute atomic E-state index is 12.5. The Labute approximate surface area is 641 Å². The average Bonchev–Trinajstić information content (AvgIpc) is 0.804. The lowest BCUT2D eigenvalue weighted by molar-refractivity contribution is -0.385. The zero-order chi connectivity index (χ0) is 84.0. The highest BCUT2D eigenvalue weighted by Crippen LogP contribution is 2.32.